The standard InChI is InChI=1S/C32H35F3N6O3S/c1-21-18-39(13-14-41(21)29(42)20-40-19-22-5-3-4-6-26(22)30(40)43)28-8-7-24(32(33,34)35)15-27(28)23-16-36-31(37-17-23)38-11-9-25(10-12-38)45(2)44/h3-8,15-17,21,25H,9-14,18-20H2,1-2H3. The van der Waals surface area contributed by atoms with Gasteiger partial charge in [0, 0.05) is 102 Å². The van der Waals surface area contributed by atoms with E-state index in [1.165, 1.54) is 6.07 Å². The highest BCUT2D eigenvalue weighted by Crippen LogP contribution is 2.38. The van der Waals surface area contributed by atoms with Crippen molar-refractivity contribution in [3.05, 3.63) is 71.5 Å². The van der Waals surface area contributed by atoms with Gasteiger partial charge in [0.1, 0.15) is 6.54 Å². The summed E-state index contributed by atoms with van der Waals surface area (Å²) in [6.07, 6.45) is 1.83. The maximum atomic E-state index is 13.8. The number of carbonyl (C=O) groups is 2. The number of alkyl halides is 3. The van der Waals surface area contributed by atoms with Crippen molar-refractivity contribution in [2.24, 2.45) is 0 Å². The number of piperazine rings is 1. The van der Waals surface area contributed by atoms with E-state index in [9.17, 15) is 27.0 Å². The van der Waals surface area contributed by atoms with Gasteiger partial charge in [0.25, 0.3) is 5.91 Å². The third kappa shape index (κ3) is 6.40. The molecule has 0 bridgehead atoms. The number of benzene rings is 2. The Morgan fingerprint density at radius 1 is 0.978 bits per heavy atom. The maximum Gasteiger partial charge on any atom is 0.416 e. The molecule has 3 aliphatic rings. The molecule has 0 radical (unpaired) electrons. The van der Waals surface area contributed by atoms with Gasteiger partial charge in [-0.05, 0) is 49.6 Å². The first-order valence-corrected chi connectivity index (χ1v) is 16.6. The van der Waals surface area contributed by atoms with Crippen LogP contribution in [-0.2, 0) is 28.3 Å². The SMILES string of the molecule is CC1CN(c2ccc(C(F)(F)F)cc2-c2cnc(N3CCC(S(C)=O)CC3)nc2)CCN1C(=O)CN1Cc2ccccc2C1=O. The van der Waals surface area contributed by atoms with Gasteiger partial charge in [0.15, 0.2) is 0 Å². The minimum atomic E-state index is -4.52. The van der Waals surface area contributed by atoms with Gasteiger partial charge < -0.3 is 19.6 Å². The van der Waals surface area contributed by atoms with E-state index in [4.69, 9.17) is 0 Å². The van der Waals surface area contributed by atoms with Crippen LogP contribution in [-0.4, -0.2) is 92.6 Å². The molecule has 2 atom stereocenters. The van der Waals surface area contributed by atoms with Crippen molar-refractivity contribution in [1.29, 1.82) is 0 Å². The number of hydrogen-bond acceptors (Lipinski definition) is 7. The third-order valence-corrected chi connectivity index (χ3v) is 10.4. The van der Waals surface area contributed by atoms with Gasteiger partial charge in [-0.3, -0.25) is 13.8 Å². The lowest BCUT2D eigenvalue weighted by Gasteiger charge is -2.42. The maximum absolute atomic E-state index is 13.8. The summed E-state index contributed by atoms with van der Waals surface area (Å²) in [4.78, 5) is 42.4. The molecule has 3 aliphatic heterocycles. The Bertz CT molecular complexity index is 1610. The first-order valence-electron chi connectivity index (χ1n) is 15.0. The van der Waals surface area contributed by atoms with Gasteiger partial charge in [-0.1, -0.05) is 18.2 Å². The number of amides is 2. The zero-order chi connectivity index (χ0) is 31.9. The molecule has 2 fully saturated rings. The number of fused-ring (bicyclic) bond motifs is 1. The van der Waals surface area contributed by atoms with Crippen molar-refractivity contribution >= 4 is 34.2 Å². The Hall–Kier alpha value is -4.00. The monoisotopic (exact) mass is 640 g/mol. The van der Waals surface area contributed by atoms with E-state index >= 15 is 0 Å². The van der Waals surface area contributed by atoms with Crippen LogP contribution in [0, 0.1) is 0 Å². The van der Waals surface area contributed by atoms with E-state index in [1.54, 1.807) is 40.6 Å². The topological polar surface area (TPSA) is 90.0 Å². The summed E-state index contributed by atoms with van der Waals surface area (Å²) in [5.41, 5.74) is 2.19. The van der Waals surface area contributed by atoms with Crippen LogP contribution in [0.25, 0.3) is 11.1 Å². The van der Waals surface area contributed by atoms with Crippen molar-refractivity contribution in [1.82, 2.24) is 19.8 Å². The number of nitrogens with zero attached hydrogens (tertiary/aromatic N) is 6. The molecule has 0 spiro atoms. The number of hydrogen-bond donors (Lipinski definition) is 0. The van der Waals surface area contributed by atoms with E-state index in [1.807, 2.05) is 28.9 Å². The molecule has 238 valence electrons. The van der Waals surface area contributed by atoms with Gasteiger partial charge in [-0.25, -0.2) is 9.97 Å². The first kappa shape index (κ1) is 31.0. The molecule has 13 heteroatoms. The molecule has 4 heterocycles. The molecule has 2 unspecified atom stereocenters. The van der Waals surface area contributed by atoms with E-state index < -0.39 is 22.5 Å². The summed E-state index contributed by atoms with van der Waals surface area (Å²) in [5, 5.41) is 0.145. The lowest BCUT2D eigenvalue weighted by atomic mass is 10.0. The number of piperidine rings is 1. The molecule has 3 aromatic rings. The number of halogens is 3. The van der Waals surface area contributed by atoms with Crippen LogP contribution in [0.3, 0.4) is 0 Å². The molecule has 0 saturated carbocycles. The van der Waals surface area contributed by atoms with E-state index in [2.05, 4.69) is 9.97 Å². The van der Waals surface area contributed by atoms with Crippen molar-refractivity contribution in [2.75, 3.05) is 55.3 Å². The second-order valence-corrected chi connectivity index (χ2v) is 13.6. The second kappa shape index (κ2) is 12.4. The molecule has 2 aromatic carbocycles. The van der Waals surface area contributed by atoms with Crippen LogP contribution in [0.15, 0.2) is 54.9 Å². The van der Waals surface area contributed by atoms with Gasteiger partial charge in [-0.2, -0.15) is 13.2 Å². The fraction of sp³-hybridized carbons (Fsp3) is 0.438. The van der Waals surface area contributed by atoms with Crippen LogP contribution >= 0.6 is 0 Å². The first-order chi connectivity index (χ1) is 21.5. The van der Waals surface area contributed by atoms with Gasteiger partial charge in [0.05, 0.1) is 5.56 Å². The average Bonchev–Trinajstić information content (AvgIpc) is 3.34. The molecule has 0 aliphatic carbocycles. The Balaban J connectivity index is 1.17. The van der Waals surface area contributed by atoms with Crippen molar-refractivity contribution in [2.45, 2.75) is 43.8 Å². The zero-order valence-corrected chi connectivity index (χ0v) is 26.0. The summed E-state index contributed by atoms with van der Waals surface area (Å²) in [7, 11) is -0.886. The lowest BCUT2D eigenvalue weighted by molar-refractivity contribution is -0.137. The highest BCUT2D eigenvalue weighted by atomic mass is 32.2. The number of anilines is 2. The van der Waals surface area contributed by atoms with Crippen LogP contribution in [0.4, 0.5) is 24.8 Å². The molecule has 2 saturated heterocycles. The molecule has 6 rings (SSSR count). The average molecular weight is 641 g/mol. The van der Waals surface area contributed by atoms with Crippen LogP contribution < -0.4 is 9.80 Å². The highest BCUT2D eigenvalue weighted by Gasteiger charge is 2.35. The predicted molar refractivity (Wildman–Crippen MR) is 166 cm³/mol. The van der Waals surface area contributed by atoms with Gasteiger partial charge in [0.2, 0.25) is 11.9 Å². The second-order valence-electron chi connectivity index (χ2n) is 11.9. The predicted octanol–water partition coefficient (Wildman–Crippen LogP) is 4.20. The number of aromatic nitrogens is 2. The Morgan fingerprint density at radius 2 is 1.69 bits per heavy atom. The van der Waals surface area contributed by atoms with Crippen LogP contribution in [0.1, 0.15) is 41.3 Å². The molecule has 2 amide bonds. The molecule has 45 heavy (non-hydrogen) atoms. The Labute approximate surface area is 262 Å². The van der Waals surface area contributed by atoms with Crippen molar-refractivity contribution < 1.29 is 27.0 Å². The minimum absolute atomic E-state index is 0.0267. The van der Waals surface area contributed by atoms with E-state index in [0.717, 1.165) is 30.5 Å². The van der Waals surface area contributed by atoms with Gasteiger partial charge >= 0.3 is 6.18 Å². The number of rotatable bonds is 6. The smallest absolute Gasteiger partial charge is 0.367 e. The van der Waals surface area contributed by atoms with Crippen LogP contribution in [0.2, 0.25) is 0 Å². The molecule has 1 aromatic heterocycles. The summed E-state index contributed by atoms with van der Waals surface area (Å²) in [6, 6.07) is 10.8. The van der Waals surface area contributed by atoms with E-state index in [0.29, 0.717) is 67.6 Å². The fourth-order valence-corrected chi connectivity index (χ4v) is 7.35. The third-order valence-electron chi connectivity index (χ3n) is 8.98. The Morgan fingerprint density at radius 3 is 2.33 bits per heavy atom. The molecule has 9 nitrogen and oxygen atoms in total. The molecular weight excluding hydrogens is 605 g/mol. The zero-order valence-electron chi connectivity index (χ0n) is 25.2. The van der Waals surface area contributed by atoms with Crippen LogP contribution in [0.5, 0.6) is 0 Å². The summed E-state index contributed by atoms with van der Waals surface area (Å²) in [6.45, 7) is 4.79. The van der Waals surface area contributed by atoms with Crippen molar-refractivity contribution in [3.63, 3.8) is 0 Å². The fourth-order valence-electron chi connectivity index (χ4n) is 6.47. The normalized spacial score (nSPS) is 20.0. The highest BCUT2D eigenvalue weighted by molar-refractivity contribution is 7.84. The minimum Gasteiger partial charge on any atom is -0.367 e. The van der Waals surface area contributed by atoms with Crippen molar-refractivity contribution in [3.8, 4) is 11.1 Å². The Kier molecular flexibility index (Phi) is 8.55. The number of carbonyl (C=O) groups excluding carboxylic acids is 2. The quantitative estimate of drug-likeness (QED) is 0.399. The summed E-state index contributed by atoms with van der Waals surface area (Å²) in [5.74, 6) is 0.178. The van der Waals surface area contributed by atoms with Gasteiger partial charge in [-0.15, -0.1) is 0 Å². The molecule has 0 N–H and O–H groups in total. The lowest BCUT2D eigenvalue weighted by Crippen LogP contribution is -2.56. The largest absolute Gasteiger partial charge is 0.416 e. The van der Waals surface area contributed by atoms with E-state index in [-0.39, 0.29) is 29.7 Å². The summed E-state index contributed by atoms with van der Waals surface area (Å²) >= 11 is 0. The summed E-state index contributed by atoms with van der Waals surface area (Å²) < 4.78 is 53.2. The molecular formula is C32H35F3N6O3S.